The van der Waals surface area contributed by atoms with E-state index in [2.05, 4.69) is 6.58 Å². The number of hydrogen-bond donors (Lipinski definition) is 1. The zero-order valence-electron chi connectivity index (χ0n) is 10.5. The van der Waals surface area contributed by atoms with Crippen molar-refractivity contribution in [3.8, 4) is 5.75 Å². The average molecular weight is 306 g/mol. The van der Waals surface area contributed by atoms with Crippen LogP contribution in [0.4, 0.5) is 0 Å². The first kappa shape index (κ1) is 16.0. The van der Waals surface area contributed by atoms with Crippen molar-refractivity contribution in [3.63, 3.8) is 0 Å². The number of aliphatic hydroxyl groups excluding tert-OH is 1. The fourth-order valence-electron chi connectivity index (χ4n) is 1.52. The van der Waals surface area contributed by atoms with Crippen LogP contribution >= 0.6 is 11.6 Å². The lowest BCUT2D eigenvalue weighted by Gasteiger charge is -2.20. The van der Waals surface area contributed by atoms with Gasteiger partial charge >= 0.3 is 0 Å². The van der Waals surface area contributed by atoms with Gasteiger partial charge in [-0.2, -0.15) is 4.31 Å². The molecule has 0 radical (unpaired) electrons. The molecule has 0 fully saturated rings. The van der Waals surface area contributed by atoms with Crippen LogP contribution in [0, 0.1) is 0 Å². The molecule has 0 spiro atoms. The maximum Gasteiger partial charge on any atom is 0.243 e. The Morgan fingerprint density at radius 3 is 2.68 bits per heavy atom. The van der Waals surface area contributed by atoms with Crippen molar-refractivity contribution in [2.75, 3.05) is 26.8 Å². The van der Waals surface area contributed by atoms with Crippen LogP contribution in [0.25, 0.3) is 0 Å². The molecule has 5 nitrogen and oxygen atoms in total. The van der Waals surface area contributed by atoms with Crippen molar-refractivity contribution in [1.82, 2.24) is 4.31 Å². The van der Waals surface area contributed by atoms with Gasteiger partial charge in [0, 0.05) is 13.1 Å². The first-order valence-electron chi connectivity index (χ1n) is 5.52. The molecule has 0 aliphatic rings. The van der Waals surface area contributed by atoms with Crippen LogP contribution < -0.4 is 4.74 Å². The molecule has 1 rings (SSSR count). The third-order valence-corrected chi connectivity index (χ3v) is 4.60. The number of hydrogen-bond acceptors (Lipinski definition) is 4. The Hall–Kier alpha value is -1.08. The Morgan fingerprint density at radius 2 is 2.21 bits per heavy atom. The standard InChI is InChI=1S/C12H16ClNO4S/c1-3-6-14(7-8-15)19(16,17)10-4-5-12(18-2)11(13)9-10/h3-5,9,15H,1,6-8H2,2H3. The Morgan fingerprint density at radius 1 is 1.53 bits per heavy atom. The van der Waals surface area contributed by atoms with Crippen molar-refractivity contribution in [2.24, 2.45) is 0 Å². The van der Waals surface area contributed by atoms with Gasteiger partial charge in [-0.25, -0.2) is 8.42 Å². The van der Waals surface area contributed by atoms with Crippen LogP contribution in [0.5, 0.6) is 5.75 Å². The molecule has 19 heavy (non-hydrogen) atoms. The predicted octanol–water partition coefficient (Wildman–Crippen LogP) is 1.52. The Balaban J connectivity index is 3.17. The van der Waals surface area contributed by atoms with E-state index in [4.69, 9.17) is 21.4 Å². The molecule has 0 saturated heterocycles. The second-order valence-corrected chi connectivity index (χ2v) is 6.02. The van der Waals surface area contributed by atoms with Gasteiger partial charge in [0.1, 0.15) is 5.75 Å². The summed E-state index contributed by atoms with van der Waals surface area (Å²) < 4.78 is 30.8. The van der Waals surface area contributed by atoms with Crippen LogP contribution in [0.3, 0.4) is 0 Å². The smallest absolute Gasteiger partial charge is 0.243 e. The van der Waals surface area contributed by atoms with Gasteiger partial charge in [0.15, 0.2) is 0 Å². The minimum Gasteiger partial charge on any atom is -0.495 e. The molecule has 0 saturated carbocycles. The first-order chi connectivity index (χ1) is 8.97. The van der Waals surface area contributed by atoms with E-state index in [9.17, 15) is 8.42 Å². The van der Waals surface area contributed by atoms with Gasteiger partial charge < -0.3 is 9.84 Å². The van der Waals surface area contributed by atoms with Crippen molar-refractivity contribution >= 4 is 21.6 Å². The van der Waals surface area contributed by atoms with E-state index < -0.39 is 10.0 Å². The third kappa shape index (κ3) is 3.70. The van der Waals surface area contributed by atoms with Gasteiger partial charge in [-0.05, 0) is 18.2 Å². The van der Waals surface area contributed by atoms with E-state index in [0.717, 1.165) is 4.31 Å². The van der Waals surface area contributed by atoms with Crippen molar-refractivity contribution in [2.45, 2.75) is 4.90 Å². The molecule has 0 aliphatic carbocycles. The molecule has 0 aromatic heterocycles. The van der Waals surface area contributed by atoms with Gasteiger partial charge in [-0.1, -0.05) is 17.7 Å². The Bertz CT molecular complexity index is 545. The fourth-order valence-corrected chi connectivity index (χ4v) is 3.27. The SMILES string of the molecule is C=CCN(CCO)S(=O)(=O)c1ccc(OC)c(Cl)c1. The van der Waals surface area contributed by atoms with E-state index in [-0.39, 0.29) is 29.6 Å². The maximum atomic E-state index is 12.3. The molecule has 106 valence electrons. The van der Waals surface area contributed by atoms with Crippen LogP contribution in [0.15, 0.2) is 35.7 Å². The number of sulfonamides is 1. The number of rotatable bonds is 7. The lowest BCUT2D eigenvalue weighted by molar-refractivity contribution is 0.260. The minimum atomic E-state index is -3.71. The van der Waals surface area contributed by atoms with Crippen LogP contribution in [0.2, 0.25) is 5.02 Å². The zero-order chi connectivity index (χ0) is 14.5. The van der Waals surface area contributed by atoms with Gasteiger partial charge in [0.05, 0.1) is 23.6 Å². The molecular formula is C12H16ClNO4S. The lowest BCUT2D eigenvalue weighted by Crippen LogP contribution is -2.33. The molecule has 0 heterocycles. The highest BCUT2D eigenvalue weighted by molar-refractivity contribution is 7.89. The van der Waals surface area contributed by atoms with E-state index in [1.807, 2.05) is 0 Å². The van der Waals surface area contributed by atoms with E-state index in [0.29, 0.717) is 5.75 Å². The van der Waals surface area contributed by atoms with E-state index in [1.165, 1.54) is 31.4 Å². The predicted molar refractivity (Wildman–Crippen MR) is 74.0 cm³/mol. The molecule has 0 aliphatic heterocycles. The number of aliphatic hydroxyl groups is 1. The quantitative estimate of drug-likeness (QED) is 0.776. The molecule has 0 unspecified atom stereocenters. The van der Waals surface area contributed by atoms with Crippen LogP contribution in [-0.2, 0) is 10.0 Å². The van der Waals surface area contributed by atoms with Gasteiger partial charge in [-0.15, -0.1) is 6.58 Å². The molecule has 0 bridgehead atoms. The average Bonchev–Trinajstić information content (AvgIpc) is 2.38. The molecule has 0 atom stereocenters. The lowest BCUT2D eigenvalue weighted by atomic mass is 10.3. The van der Waals surface area contributed by atoms with Crippen molar-refractivity contribution < 1.29 is 18.3 Å². The van der Waals surface area contributed by atoms with E-state index in [1.54, 1.807) is 0 Å². The van der Waals surface area contributed by atoms with E-state index >= 15 is 0 Å². The monoisotopic (exact) mass is 305 g/mol. The van der Waals surface area contributed by atoms with Crippen molar-refractivity contribution in [1.29, 1.82) is 0 Å². The number of benzene rings is 1. The van der Waals surface area contributed by atoms with Crippen LogP contribution in [0.1, 0.15) is 0 Å². The highest BCUT2D eigenvalue weighted by Crippen LogP contribution is 2.28. The normalized spacial score (nSPS) is 11.6. The number of methoxy groups -OCH3 is 1. The number of ether oxygens (including phenoxy) is 1. The van der Waals surface area contributed by atoms with Crippen LogP contribution in [-0.4, -0.2) is 44.6 Å². The topological polar surface area (TPSA) is 66.8 Å². The highest BCUT2D eigenvalue weighted by Gasteiger charge is 2.23. The second kappa shape index (κ2) is 6.91. The summed E-state index contributed by atoms with van der Waals surface area (Å²) in [5.74, 6) is 0.401. The Labute approximate surface area is 118 Å². The summed E-state index contributed by atoms with van der Waals surface area (Å²) in [4.78, 5) is 0.0496. The minimum absolute atomic E-state index is 0.00198. The second-order valence-electron chi connectivity index (χ2n) is 3.67. The highest BCUT2D eigenvalue weighted by atomic mass is 35.5. The molecule has 1 aromatic rings. The van der Waals surface area contributed by atoms with Gasteiger partial charge in [0.2, 0.25) is 10.0 Å². The summed E-state index contributed by atoms with van der Waals surface area (Å²) in [6, 6.07) is 4.22. The van der Waals surface area contributed by atoms with Gasteiger partial charge in [-0.3, -0.25) is 0 Å². The maximum absolute atomic E-state index is 12.3. The summed E-state index contributed by atoms with van der Waals surface area (Å²) >= 11 is 5.92. The summed E-state index contributed by atoms with van der Waals surface area (Å²) in [5, 5.41) is 9.14. The summed E-state index contributed by atoms with van der Waals surface area (Å²) in [6.07, 6.45) is 1.46. The molecule has 1 aromatic carbocycles. The summed E-state index contributed by atoms with van der Waals surface area (Å²) in [5.41, 5.74) is 0. The first-order valence-corrected chi connectivity index (χ1v) is 7.34. The molecule has 7 heteroatoms. The van der Waals surface area contributed by atoms with Gasteiger partial charge in [0.25, 0.3) is 0 Å². The zero-order valence-corrected chi connectivity index (χ0v) is 12.1. The Kier molecular flexibility index (Phi) is 5.81. The molecule has 1 N–H and O–H groups in total. The number of nitrogens with zero attached hydrogens (tertiary/aromatic N) is 1. The molecule has 0 amide bonds. The third-order valence-electron chi connectivity index (χ3n) is 2.44. The summed E-state index contributed by atoms with van der Waals surface area (Å²) in [6.45, 7) is 3.35. The fraction of sp³-hybridized carbons (Fsp3) is 0.333. The largest absolute Gasteiger partial charge is 0.495 e. The van der Waals surface area contributed by atoms with Crippen molar-refractivity contribution in [3.05, 3.63) is 35.9 Å². The summed E-state index contributed by atoms with van der Waals surface area (Å²) in [7, 11) is -2.26. The number of halogens is 1. The molecular weight excluding hydrogens is 290 g/mol.